The molecule has 1 N–H and O–H groups in total. The summed E-state index contributed by atoms with van der Waals surface area (Å²) in [7, 11) is 0. The molecular weight excluding hydrogens is 376 g/mol. The molecule has 0 aliphatic carbocycles. The van der Waals surface area contributed by atoms with Crippen LogP contribution in [0.1, 0.15) is 33.5 Å². The predicted octanol–water partition coefficient (Wildman–Crippen LogP) is 4.92. The van der Waals surface area contributed by atoms with E-state index < -0.39 is 0 Å². The highest BCUT2D eigenvalue weighted by Gasteiger charge is 2.02. The van der Waals surface area contributed by atoms with Crippen molar-refractivity contribution in [1.29, 1.82) is 0 Å². The molecule has 1 amide bonds. The molecule has 0 aliphatic heterocycles. The number of aryl methyl sites for hydroxylation is 2. The molecule has 0 heterocycles. The summed E-state index contributed by atoms with van der Waals surface area (Å²) in [6, 6.07) is 22.7. The average Bonchev–Trinajstić information content (AvgIpc) is 2.74. The number of hydrazone groups is 1. The van der Waals surface area contributed by atoms with Gasteiger partial charge in [0.2, 0.25) is 0 Å². The summed E-state index contributed by atoms with van der Waals surface area (Å²) in [6.07, 6.45) is 2.37. The quantitative estimate of drug-likeness (QED) is 0.314. The van der Waals surface area contributed by atoms with E-state index in [9.17, 15) is 4.79 Å². The Labute approximate surface area is 177 Å². The predicted molar refractivity (Wildman–Crippen MR) is 119 cm³/mol. The Morgan fingerprint density at radius 2 is 1.57 bits per heavy atom. The van der Waals surface area contributed by atoms with Gasteiger partial charge >= 0.3 is 0 Å². The van der Waals surface area contributed by atoms with Crippen LogP contribution < -0.4 is 14.9 Å². The second-order valence-electron chi connectivity index (χ2n) is 7.01. The van der Waals surface area contributed by atoms with Crippen molar-refractivity contribution in [3.05, 3.63) is 95.1 Å². The van der Waals surface area contributed by atoms with E-state index in [-0.39, 0.29) is 5.91 Å². The Hall–Kier alpha value is -3.60. The normalized spacial score (nSPS) is 10.7. The number of nitrogens with zero attached hydrogens (tertiary/aromatic N) is 1. The van der Waals surface area contributed by atoms with Crippen LogP contribution in [0.4, 0.5) is 0 Å². The van der Waals surface area contributed by atoms with Gasteiger partial charge in [0.25, 0.3) is 5.91 Å². The van der Waals surface area contributed by atoms with E-state index in [4.69, 9.17) is 9.47 Å². The highest BCUT2D eigenvalue weighted by Crippen LogP contribution is 2.17. The van der Waals surface area contributed by atoms with Crippen LogP contribution in [0.5, 0.6) is 11.5 Å². The molecule has 0 saturated carbocycles. The van der Waals surface area contributed by atoms with Gasteiger partial charge in [0.1, 0.15) is 11.5 Å². The first-order valence-electron chi connectivity index (χ1n) is 9.92. The SMILES string of the molecule is Cc1cc(C)cc(OCCCOc2cccc(/C=N\NC(=O)c3ccccc3)c2)c1. The van der Waals surface area contributed by atoms with Crippen molar-refractivity contribution in [2.24, 2.45) is 5.10 Å². The number of amides is 1. The fraction of sp³-hybridized carbons (Fsp3) is 0.200. The summed E-state index contributed by atoms with van der Waals surface area (Å²) in [5, 5.41) is 4.02. The van der Waals surface area contributed by atoms with Gasteiger partial charge in [-0.05, 0) is 66.9 Å². The van der Waals surface area contributed by atoms with Crippen molar-refractivity contribution in [3.63, 3.8) is 0 Å². The van der Waals surface area contributed by atoms with Crippen LogP contribution in [-0.2, 0) is 0 Å². The highest BCUT2D eigenvalue weighted by molar-refractivity contribution is 5.94. The number of hydrogen-bond donors (Lipinski definition) is 1. The van der Waals surface area contributed by atoms with Gasteiger partial charge in [-0.2, -0.15) is 5.10 Å². The lowest BCUT2D eigenvalue weighted by molar-refractivity contribution is 0.0955. The van der Waals surface area contributed by atoms with Crippen molar-refractivity contribution >= 4 is 12.1 Å². The van der Waals surface area contributed by atoms with Crippen molar-refractivity contribution in [1.82, 2.24) is 5.43 Å². The van der Waals surface area contributed by atoms with Gasteiger partial charge in [-0.1, -0.05) is 36.4 Å². The monoisotopic (exact) mass is 402 g/mol. The summed E-state index contributed by atoms with van der Waals surface area (Å²) in [6.45, 7) is 5.27. The van der Waals surface area contributed by atoms with Crippen molar-refractivity contribution in [2.45, 2.75) is 20.3 Å². The zero-order valence-corrected chi connectivity index (χ0v) is 17.3. The van der Waals surface area contributed by atoms with Crippen molar-refractivity contribution in [3.8, 4) is 11.5 Å². The van der Waals surface area contributed by atoms with Gasteiger partial charge in [0, 0.05) is 12.0 Å². The van der Waals surface area contributed by atoms with Gasteiger partial charge in [0.15, 0.2) is 0 Å². The molecule has 0 atom stereocenters. The molecular formula is C25H26N2O3. The first kappa shape index (κ1) is 21.1. The number of nitrogens with one attached hydrogen (secondary N) is 1. The van der Waals surface area contributed by atoms with E-state index in [2.05, 4.69) is 30.4 Å². The molecule has 0 radical (unpaired) electrons. The molecule has 0 aromatic heterocycles. The third kappa shape index (κ3) is 6.78. The van der Waals surface area contributed by atoms with Gasteiger partial charge < -0.3 is 9.47 Å². The van der Waals surface area contributed by atoms with E-state index >= 15 is 0 Å². The van der Waals surface area contributed by atoms with E-state index in [1.165, 1.54) is 11.1 Å². The maximum absolute atomic E-state index is 12.0. The fourth-order valence-electron chi connectivity index (χ4n) is 2.96. The summed E-state index contributed by atoms with van der Waals surface area (Å²) >= 11 is 0. The van der Waals surface area contributed by atoms with Crippen molar-refractivity contribution in [2.75, 3.05) is 13.2 Å². The second kappa shape index (κ2) is 10.8. The minimum Gasteiger partial charge on any atom is -0.493 e. The molecule has 5 heteroatoms. The minimum absolute atomic E-state index is 0.247. The molecule has 0 spiro atoms. The smallest absolute Gasteiger partial charge is 0.271 e. The van der Waals surface area contributed by atoms with Crippen LogP contribution in [0.2, 0.25) is 0 Å². The van der Waals surface area contributed by atoms with Crippen LogP contribution in [0, 0.1) is 13.8 Å². The zero-order chi connectivity index (χ0) is 21.2. The molecule has 0 bridgehead atoms. The number of carbonyl (C=O) groups is 1. The number of benzene rings is 3. The second-order valence-corrected chi connectivity index (χ2v) is 7.01. The van der Waals surface area contributed by atoms with Crippen LogP contribution in [-0.4, -0.2) is 25.3 Å². The number of ether oxygens (including phenoxy) is 2. The van der Waals surface area contributed by atoms with Gasteiger partial charge in [-0.3, -0.25) is 4.79 Å². The molecule has 3 rings (SSSR count). The Balaban J connectivity index is 1.42. The van der Waals surface area contributed by atoms with Crippen LogP contribution in [0.15, 0.2) is 77.9 Å². The molecule has 0 saturated heterocycles. The Morgan fingerprint density at radius 1 is 0.867 bits per heavy atom. The standard InChI is InChI=1S/C25H26N2O3/c1-19-14-20(2)16-24(15-19)30-13-7-12-29-23-11-6-8-21(17-23)18-26-27-25(28)22-9-4-3-5-10-22/h3-6,8-11,14-18H,7,12-13H2,1-2H3,(H,27,28)/b26-18-. The molecule has 154 valence electrons. The number of rotatable bonds is 9. The van der Waals surface area contributed by atoms with Gasteiger partial charge in [0.05, 0.1) is 19.4 Å². The molecule has 0 unspecified atom stereocenters. The maximum Gasteiger partial charge on any atom is 0.271 e. The number of hydrogen-bond acceptors (Lipinski definition) is 4. The van der Waals surface area contributed by atoms with Gasteiger partial charge in [-0.15, -0.1) is 0 Å². The van der Waals surface area contributed by atoms with Crippen molar-refractivity contribution < 1.29 is 14.3 Å². The Bertz CT molecular complexity index is 980. The maximum atomic E-state index is 12.0. The van der Waals surface area contributed by atoms with E-state index in [0.717, 1.165) is 23.5 Å². The third-order valence-electron chi connectivity index (χ3n) is 4.30. The Kier molecular flexibility index (Phi) is 7.61. The lowest BCUT2D eigenvalue weighted by Gasteiger charge is -2.09. The molecule has 0 fully saturated rings. The van der Waals surface area contributed by atoms with E-state index in [1.807, 2.05) is 54.6 Å². The van der Waals surface area contributed by atoms with Gasteiger partial charge in [-0.25, -0.2) is 5.43 Å². The molecule has 3 aromatic rings. The highest BCUT2D eigenvalue weighted by atomic mass is 16.5. The van der Waals surface area contributed by atoms with Crippen LogP contribution in [0.25, 0.3) is 0 Å². The molecule has 5 nitrogen and oxygen atoms in total. The number of carbonyl (C=O) groups excluding carboxylic acids is 1. The Morgan fingerprint density at radius 3 is 2.30 bits per heavy atom. The third-order valence-corrected chi connectivity index (χ3v) is 4.30. The average molecular weight is 402 g/mol. The lowest BCUT2D eigenvalue weighted by Crippen LogP contribution is -2.17. The van der Waals surface area contributed by atoms with Crippen LogP contribution in [0.3, 0.4) is 0 Å². The zero-order valence-electron chi connectivity index (χ0n) is 17.3. The summed E-state index contributed by atoms with van der Waals surface area (Å²) in [5.41, 5.74) is 6.32. The summed E-state index contributed by atoms with van der Waals surface area (Å²) in [5.74, 6) is 1.39. The first-order valence-corrected chi connectivity index (χ1v) is 9.92. The minimum atomic E-state index is -0.247. The molecule has 3 aromatic carbocycles. The molecule has 0 aliphatic rings. The van der Waals surface area contributed by atoms with E-state index in [0.29, 0.717) is 18.8 Å². The van der Waals surface area contributed by atoms with Crippen LogP contribution >= 0.6 is 0 Å². The summed E-state index contributed by atoms with van der Waals surface area (Å²) < 4.78 is 11.6. The topological polar surface area (TPSA) is 59.9 Å². The largest absolute Gasteiger partial charge is 0.493 e. The summed E-state index contributed by atoms with van der Waals surface area (Å²) in [4.78, 5) is 12.0. The van der Waals surface area contributed by atoms with E-state index in [1.54, 1.807) is 18.3 Å². The fourth-order valence-corrected chi connectivity index (χ4v) is 2.96. The molecule has 30 heavy (non-hydrogen) atoms. The first-order chi connectivity index (χ1) is 14.6. The lowest BCUT2D eigenvalue weighted by atomic mass is 10.1.